The number of esters is 1. The van der Waals surface area contributed by atoms with Crippen LogP contribution in [0.5, 0.6) is 0 Å². The third-order valence-electron chi connectivity index (χ3n) is 8.90. The summed E-state index contributed by atoms with van der Waals surface area (Å²) in [7, 11) is 0. The molecule has 3 aliphatic heterocycles. The molecule has 10 N–H and O–H groups in total. The van der Waals surface area contributed by atoms with Crippen LogP contribution in [-0.2, 0) is 28.5 Å². The Balaban J connectivity index is 1.94. The number of aliphatic hydroxyl groups excluding tert-OH is 6. The number of rotatable bonds is 3. The van der Waals surface area contributed by atoms with Gasteiger partial charge in [-0.15, -0.1) is 0 Å². The molecule has 15 atom stereocenters. The second-order valence-electron chi connectivity index (χ2n) is 13.0. The fourth-order valence-corrected chi connectivity index (χ4v) is 5.86. The van der Waals surface area contributed by atoms with E-state index >= 15 is 0 Å². The molecule has 15 nitrogen and oxygen atoms in total. The molecule has 0 saturated carbocycles. The predicted molar refractivity (Wildman–Crippen MR) is 173 cm³/mol. The molecular weight excluding hydrogens is 646 g/mol. The maximum atomic E-state index is 12.3. The lowest BCUT2D eigenvalue weighted by Gasteiger charge is -2.45. The molecule has 0 aromatic heterocycles. The topological polar surface area (TPSA) is 259 Å². The van der Waals surface area contributed by atoms with Crippen molar-refractivity contribution < 1.29 is 69.4 Å². The molecule has 276 valence electrons. The zero-order valence-electron chi connectivity index (χ0n) is 27.8. The van der Waals surface area contributed by atoms with Crippen LogP contribution in [0, 0.1) is 11.8 Å². The van der Waals surface area contributed by atoms with Crippen molar-refractivity contribution in [2.45, 2.75) is 126 Å². The number of hydrogen-bond donors (Lipinski definition) is 9. The molecule has 0 aromatic rings. The Hall–Kier alpha value is -2.80. The maximum Gasteiger partial charge on any atom is 0.330 e. The largest absolute Gasteiger partial charge is 0.481 e. The average Bonchev–Trinajstić information content (AvgIpc) is 3.00. The number of allylic oxidation sites excluding steroid dienone is 6. The lowest BCUT2D eigenvalue weighted by atomic mass is 9.82. The van der Waals surface area contributed by atoms with Gasteiger partial charge in [-0.3, -0.25) is 4.79 Å². The highest BCUT2D eigenvalue weighted by Crippen LogP contribution is 2.38. The minimum atomic E-state index is -2.27. The molecule has 0 spiro atoms. The Morgan fingerprint density at radius 3 is 2.14 bits per heavy atom. The predicted octanol–water partition coefficient (Wildman–Crippen LogP) is -0.680. The number of carboxylic acids is 1. The molecule has 7 unspecified atom stereocenters. The standard InChI is InChI=1S/C34H51NO14/c1-18-10-8-6-4-5-7-9-11-22(48-33-31(42)29(35)30(41)20(3)47-33)15-26-28(32(43)44)25(39)17-34(45,49-26)16-21(36)14-24(38)23(37)12-13-27(40)46-19(18)2/h4-13,18-26,28-31,33,36-39,41-42,45H,14-17,35H2,1-3H3,(H,43,44)/b6-4+,7-5+,10-8+,11-9+,13-12+/t18-,19?,20+,21?,22-,23?,24+,25-,26-,28?,29-,30?,31-,33?,34?/m0/s1. The van der Waals surface area contributed by atoms with Gasteiger partial charge >= 0.3 is 11.9 Å². The minimum absolute atomic E-state index is 0.171. The third-order valence-corrected chi connectivity index (χ3v) is 8.90. The van der Waals surface area contributed by atoms with Crippen LogP contribution in [0.3, 0.4) is 0 Å². The number of carbonyl (C=O) groups excluding carboxylic acids is 1. The van der Waals surface area contributed by atoms with E-state index in [1.807, 2.05) is 13.0 Å². The molecule has 2 saturated heterocycles. The summed E-state index contributed by atoms with van der Waals surface area (Å²) in [6.45, 7) is 5.09. The second-order valence-corrected chi connectivity index (χ2v) is 13.0. The summed E-state index contributed by atoms with van der Waals surface area (Å²) in [5.74, 6) is -6.15. The number of cyclic esters (lactones) is 1. The van der Waals surface area contributed by atoms with Gasteiger partial charge in [-0.1, -0.05) is 55.5 Å². The molecule has 49 heavy (non-hydrogen) atoms. The Bertz CT molecular complexity index is 1240. The van der Waals surface area contributed by atoms with Crippen molar-refractivity contribution >= 4 is 11.9 Å². The molecule has 0 aliphatic carbocycles. The Morgan fingerprint density at radius 2 is 1.49 bits per heavy atom. The number of aliphatic hydroxyl groups is 7. The first-order valence-corrected chi connectivity index (χ1v) is 16.4. The number of fused-ring (bicyclic) bond motifs is 2. The summed E-state index contributed by atoms with van der Waals surface area (Å²) in [6, 6.07) is -1.11. The normalized spacial score (nSPS) is 46.7. The van der Waals surface area contributed by atoms with E-state index in [1.54, 1.807) is 50.3 Å². The van der Waals surface area contributed by atoms with E-state index in [1.165, 1.54) is 6.08 Å². The summed E-state index contributed by atoms with van der Waals surface area (Å²) in [6.07, 6.45) is -0.575. The molecule has 3 aliphatic rings. The SMILES string of the molecule is CC1OC(=O)/C=C/C(O)[C@H](O)CC(O)CC2(O)C[C@H](O)C(C(=O)O)[C@H](C[C@@H](OC3O[C@H](C)C(O)[C@H](N)[C@@H]3O)/C=C/C=C/C=C/C=C/[C@@H]1C)O2. The molecule has 2 fully saturated rings. The van der Waals surface area contributed by atoms with Crippen molar-refractivity contribution in [3.8, 4) is 0 Å². The highest BCUT2D eigenvalue weighted by molar-refractivity contribution is 5.82. The molecule has 3 rings (SSSR count). The van der Waals surface area contributed by atoms with Crippen molar-refractivity contribution in [1.29, 1.82) is 0 Å². The highest BCUT2D eigenvalue weighted by Gasteiger charge is 2.51. The van der Waals surface area contributed by atoms with Crippen LogP contribution in [0.15, 0.2) is 60.8 Å². The number of carbonyl (C=O) groups is 2. The monoisotopic (exact) mass is 697 g/mol. The smallest absolute Gasteiger partial charge is 0.330 e. The number of hydrogen-bond acceptors (Lipinski definition) is 14. The maximum absolute atomic E-state index is 12.3. The van der Waals surface area contributed by atoms with Crippen LogP contribution in [0.4, 0.5) is 0 Å². The van der Waals surface area contributed by atoms with E-state index in [9.17, 15) is 50.4 Å². The van der Waals surface area contributed by atoms with Crippen molar-refractivity contribution in [1.82, 2.24) is 0 Å². The van der Waals surface area contributed by atoms with E-state index in [0.717, 1.165) is 12.2 Å². The molecule has 0 amide bonds. The summed E-state index contributed by atoms with van der Waals surface area (Å²) in [5.41, 5.74) is 5.96. The van der Waals surface area contributed by atoms with Gasteiger partial charge in [0.1, 0.15) is 18.1 Å². The van der Waals surface area contributed by atoms with Crippen LogP contribution in [0.2, 0.25) is 0 Å². The van der Waals surface area contributed by atoms with Gasteiger partial charge in [0.2, 0.25) is 0 Å². The van der Waals surface area contributed by atoms with Gasteiger partial charge in [0.15, 0.2) is 12.1 Å². The number of nitrogens with two attached hydrogens (primary N) is 1. The van der Waals surface area contributed by atoms with E-state index in [-0.39, 0.29) is 12.3 Å². The van der Waals surface area contributed by atoms with Crippen molar-refractivity contribution in [3.05, 3.63) is 60.8 Å². The highest BCUT2D eigenvalue weighted by atomic mass is 16.7. The molecule has 3 heterocycles. The van der Waals surface area contributed by atoms with E-state index in [0.29, 0.717) is 0 Å². The lowest BCUT2D eigenvalue weighted by molar-refractivity contribution is -0.308. The van der Waals surface area contributed by atoms with Gasteiger partial charge in [-0.25, -0.2) is 4.79 Å². The first kappa shape index (κ1) is 40.6. The van der Waals surface area contributed by atoms with E-state index in [2.05, 4.69) is 0 Å². The van der Waals surface area contributed by atoms with Gasteiger partial charge in [-0.2, -0.15) is 0 Å². The van der Waals surface area contributed by atoms with Crippen molar-refractivity contribution in [2.24, 2.45) is 17.6 Å². The summed E-state index contributed by atoms with van der Waals surface area (Å²) in [4.78, 5) is 24.5. The Kier molecular flexibility index (Phi) is 15.3. The minimum Gasteiger partial charge on any atom is -0.481 e. The number of carboxylic acid groups (broad SMARTS) is 1. The Labute approximate surface area is 285 Å². The fourth-order valence-electron chi connectivity index (χ4n) is 5.86. The van der Waals surface area contributed by atoms with E-state index in [4.69, 9.17) is 24.7 Å². The molecule has 0 aromatic carbocycles. The van der Waals surface area contributed by atoms with Gasteiger partial charge in [-0.05, 0) is 19.9 Å². The lowest BCUT2D eigenvalue weighted by Crippen LogP contribution is -2.61. The second kappa shape index (κ2) is 18.4. The average molecular weight is 698 g/mol. The molecular formula is C34H51NO14. The summed E-state index contributed by atoms with van der Waals surface area (Å²) >= 11 is 0. The summed E-state index contributed by atoms with van der Waals surface area (Å²) < 4.78 is 22.9. The number of ether oxygens (including phenoxy) is 4. The quantitative estimate of drug-likeness (QED) is 0.166. The zero-order chi connectivity index (χ0) is 36.5. The zero-order valence-corrected chi connectivity index (χ0v) is 27.8. The number of aliphatic carboxylic acids is 1. The van der Waals surface area contributed by atoms with Crippen LogP contribution < -0.4 is 5.73 Å². The van der Waals surface area contributed by atoms with Gasteiger partial charge < -0.3 is 65.5 Å². The fraction of sp³-hybridized carbons (Fsp3) is 0.647. The van der Waals surface area contributed by atoms with Crippen LogP contribution >= 0.6 is 0 Å². The van der Waals surface area contributed by atoms with Crippen molar-refractivity contribution in [3.63, 3.8) is 0 Å². The molecule has 2 bridgehead atoms. The van der Waals surface area contributed by atoms with Crippen LogP contribution in [0.25, 0.3) is 0 Å². The van der Waals surface area contributed by atoms with Gasteiger partial charge in [0.05, 0.1) is 54.9 Å². The molecule has 15 heteroatoms. The van der Waals surface area contributed by atoms with Gasteiger partial charge in [0, 0.05) is 37.7 Å². The molecule has 0 radical (unpaired) electrons. The third kappa shape index (κ3) is 11.9. The van der Waals surface area contributed by atoms with Gasteiger partial charge in [0.25, 0.3) is 0 Å². The first-order valence-electron chi connectivity index (χ1n) is 16.4. The Morgan fingerprint density at radius 1 is 0.857 bits per heavy atom. The van der Waals surface area contributed by atoms with E-state index < -0.39 is 116 Å². The summed E-state index contributed by atoms with van der Waals surface area (Å²) in [5, 5.41) is 84.7. The van der Waals surface area contributed by atoms with Crippen LogP contribution in [0.1, 0.15) is 46.5 Å². The van der Waals surface area contributed by atoms with Crippen LogP contribution in [-0.4, -0.2) is 132 Å². The van der Waals surface area contributed by atoms with Crippen molar-refractivity contribution in [2.75, 3.05) is 0 Å². The first-order chi connectivity index (χ1) is 23.0.